The van der Waals surface area contributed by atoms with E-state index in [1.165, 1.54) is 11.3 Å². The molecule has 7 nitrogen and oxygen atoms in total. The Labute approximate surface area is 158 Å². The summed E-state index contributed by atoms with van der Waals surface area (Å²) in [6.45, 7) is 2.25. The first-order valence-electron chi connectivity index (χ1n) is 8.24. The highest BCUT2D eigenvalue weighted by Crippen LogP contribution is 2.39. The van der Waals surface area contributed by atoms with Crippen LogP contribution in [0.5, 0.6) is 5.88 Å². The first-order chi connectivity index (χ1) is 13.3. The maximum absolute atomic E-state index is 12.7. The number of nitrogens with zero attached hydrogens (tertiary/aromatic N) is 2. The number of thiazole rings is 1. The Morgan fingerprint density at radius 3 is 2.63 bits per heavy atom. The average Bonchev–Trinajstić information content (AvgIpc) is 3.43. The number of rotatable bonds is 6. The molecule has 0 aliphatic heterocycles. The molecule has 0 saturated carbocycles. The van der Waals surface area contributed by atoms with Gasteiger partial charge >= 0.3 is 0 Å². The fourth-order valence-corrected chi connectivity index (χ4v) is 3.44. The Morgan fingerprint density at radius 2 is 1.93 bits per heavy atom. The molecule has 4 heterocycles. The highest BCUT2D eigenvalue weighted by molar-refractivity contribution is 7.19. The van der Waals surface area contributed by atoms with Crippen molar-refractivity contribution >= 4 is 22.4 Å². The van der Waals surface area contributed by atoms with Crippen LogP contribution >= 0.6 is 11.3 Å². The molecule has 0 aromatic carbocycles. The van der Waals surface area contributed by atoms with Crippen molar-refractivity contribution < 1.29 is 18.4 Å². The molecule has 8 heteroatoms. The third-order valence-corrected chi connectivity index (χ3v) is 4.63. The van der Waals surface area contributed by atoms with Gasteiger partial charge in [0.2, 0.25) is 5.88 Å². The molecule has 0 bridgehead atoms. The Balaban J connectivity index is 1.67. The van der Waals surface area contributed by atoms with Gasteiger partial charge in [0.25, 0.3) is 5.91 Å². The highest BCUT2D eigenvalue weighted by Gasteiger charge is 2.21. The normalized spacial score (nSPS) is 10.7. The van der Waals surface area contributed by atoms with Gasteiger partial charge < -0.3 is 13.6 Å². The molecule has 0 atom stereocenters. The molecule has 0 spiro atoms. The van der Waals surface area contributed by atoms with E-state index in [0.29, 0.717) is 34.5 Å². The lowest BCUT2D eigenvalue weighted by Crippen LogP contribution is -2.14. The van der Waals surface area contributed by atoms with Gasteiger partial charge in [-0.15, -0.1) is 0 Å². The van der Waals surface area contributed by atoms with Crippen LogP contribution in [-0.2, 0) is 0 Å². The number of amides is 1. The number of pyridine rings is 1. The number of aromatic nitrogens is 2. The van der Waals surface area contributed by atoms with E-state index in [4.69, 9.17) is 13.6 Å². The zero-order chi connectivity index (χ0) is 18.6. The van der Waals surface area contributed by atoms with Crippen molar-refractivity contribution in [3.8, 4) is 28.0 Å². The zero-order valence-electron chi connectivity index (χ0n) is 14.3. The molecule has 27 heavy (non-hydrogen) atoms. The lowest BCUT2D eigenvalue weighted by atomic mass is 10.2. The van der Waals surface area contributed by atoms with Crippen LogP contribution in [0, 0.1) is 0 Å². The topological polar surface area (TPSA) is 90.4 Å². The number of carbonyl (C=O) groups excluding carboxylic acids is 1. The second-order valence-electron chi connectivity index (χ2n) is 5.39. The van der Waals surface area contributed by atoms with E-state index in [1.807, 2.05) is 13.0 Å². The maximum atomic E-state index is 12.7. The van der Waals surface area contributed by atoms with Gasteiger partial charge in [0.15, 0.2) is 10.9 Å². The van der Waals surface area contributed by atoms with Crippen LogP contribution < -0.4 is 10.1 Å². The summed E-state index contributed by atoms with van der Waals surface area (Å²) < 4.78 is 16.4. The molecule has 0 radical (unpaired) electrons. The second kappa shape index (κ2) is 7.46. The van der Waals surface area contributed by atoms with Crippen LogP contribution in [-0.4, -0.2) is 22.5 Å². The quantitative estimate of drug-likeness (QED) is 0.520. The van der Waals surface area contributed by atoms with E-state index < -0.39 is 0 Å². The molecule has 0 aliphatic carbocycles. The first-order valence-corrected chi connectivity index (χ1v) is 9.05. The summed E-state index contributed by atoms with van der Waals surface area (Å²) >= 11 is 1.30. The number of carbonyl (C=O) groups is 1. The van der Waals surface area contributed by atoms with Crippen molar-refractivity contribution in [2.24, 2.45) is 0 Å². The summed E-state index contributed by atoms with van der Waals surface area (Å²) in [5.74, 6) is 1.18. The summed E-state index contributed by atoms with van der Waals surface area (Å²) in [7, 11) is 0. The summed E-state index contributed by atoms with van der Waals surface area (Å²) in [4.78, 5) is 22.1. The molecule has 4 aromatic heterocycles. The van der Waals surface area contributed by atoms with Gasteiger partial charge in [0, 0.05) is 6.20 Å². The number of ether oxygens (including phenoxy) is 1. The Hall–Kier alpha value is -3.39. The van der Waals surface area contributed by atoms with E-state index >= 15 is 0 Å². The van der Waals surface area contributed by atoms with Crippen LogP contribution in [0.15, 0.2) is 64.0 Å². The van der Waals surface area contributed by atoms with Crippen molar-refractivity contribution in [1.82, 2.24) is 9.97 Å². The van der Waals surface area contributed by atoms with E-state index in [9.17, 15) is 4.79 Å². The van der Waals surface area contributed by atoms with Crippen LogP contribution in [0.1, 0.15) is 17.3 Å². The molecule has 136 valence electrons. The molecule has 0 unspecified atom stereocenters. The molecule has 4 aromatic rings. The smallest absolute Gasteiger partial charge is 0.262 e. The number of hydrogen-bond donors (Lipinski definition) is 1. The molecule has 4 rings (SSSR count). The minimum Gasteiger partial charge on any atom is -0.477 e. The standard InChI is InChI=1S/C19H15N3O4S/c1-2-24-18-12(6-3-9-20-18)17(23)22-19-21-15(13-7-4-10-25-13)16(27-19)14-8-5-11-26-14/h3-11H,2H2,1H3,(H,21,22,23). The minimum absolute atomic E-state index is 0.284. The van der Waals surface area contributed by atoms with Crippen LogP contribution in [0.3, 0.4) is 0 Å². The largest absolute Gasteiger partial charge is 0.477 e. The monoisotopic (exact) mass is 381 g/mol. The van der Waals surface area contributed by atoms with Crippen molar-refractivity contribution in [2.45, 2.75) is 6.92 Å². The molecule has 1 amide bonds. The number of nitrogens with one attached hydrogen (secondary N) is 1. The molecule has 0 fully saturated rings. The predicted octanol–water partition coefficient (Wildman–Crippen LogP) is 4.71. The van der Waals surface area contributed by atoms with Gasteiger partial charge in [0.1, 0.15) is 21.9 Å². The number of furan rings is 2. The molecular weight excluding hydrogens is 366 g/mol. The van der Waals surface area contributed by atoms with Crippen molar-refractivity contribution in [3.63, 3.8) is 0 Å². The average molecular weight is 381 g/mol. The lowest BCUT2D eigenvalue weighted by molar-refractivity contribution is 0.102. The van der Waals surface area contributed by atoms with Crippen LogP contribution in [0.4, 0.5) is 5.13 Å². The summed E-state index contributed by atoms with van der Waals surface area (Å²) in [6, 6.07) is 10.6. The van der Waals surface area contributed by atoms with E-state index in [0.717, 1.165) is 4.88 Å². The van der Waals surface area contributed by atoms with Gasteiger partial charge in [-0.1, -0.05) is 11.3 Å². The Morgan fingerprint density at radius 1 is 1.15 bits per heavy atom. The SMILES string of the molecule is CCOc1ncccc1C(=O)Nc1nc(-c2ccco2)c(-c2ccco2)s1. The molecule has 1 N–H and O–H groups in total. The van der Waals surface area contributed by atoms with Gasteiger partial charge in [-0.2, -0.15) is 0 Å². The second-order valence-corrected chi connectivity index (χ2v) is 6.39. The summed E-state index contributed by atoms with van der Waals surface area (Å²) in [6.07, 6.45) is 4.74. The first kappa shape index (κ1) is 17.0. The maximum Gasteiger partial charge on any atom is 0.262 e. The van der Waals surface area contributed by atoms with E-state index in [1.54, 1.807) is 49.1 Å². The molecule has 0 aliphatic rings. The van der Waals surface area contributed by atoms with E-state index in [-0.39, 0.29) is 11.8 Å². The van der Waals surface area contributed by atoms with Crippen LogP contribution in [0.2, 0.25) is 0 Å². The highest BCUT2D eigenvalue weighted by atomic mass is 32.1. The van der Waals surface area contributed by atoms with Crippen LogP contribution in [0.25, 0.3) is 22.1 Å². The zero-order valence-corrected chi connectivity index (χ0v) is 15.2. The predicted molar refractivity (Wildman–Crippen MR) is 101 cm³/mol. The fourth-order valence-electron chi connectivity index (χ4n) is 2.51. The van der Waals surface area contributed by atoms with Gasteiger partial charge in [-0.3, -0.25) is 10.1 Å². The van der Waals surface area contributed by atoms with E-state index in [2.05, 4.69) is 15.3 Å². The summed E-state index contributed by atoms with van der Waals surface area (Å²) in [5.41, 5.74) is 0.945. The minimum atomic E-state index is -0.350. The Bertz CT molecular complexity index is 987. The number of anilines is 1. The lowest BCUT2D eigenvalue weighted by Gasteiger charge is -2.07. The van der Waals surface area contributed by atoms with Crippen molar-refractivity contribution in [1.29, 1.82) is 0 Å². The fraction of sp³-hybridized carbons (Fsp3) is 0.105. The van der Waals surface area contributed by atoms with Gasteiger partial charge in [-0.05, 0) is 43.3 Å². The number of hydrogen-bond acceptors (Lipinski definition) is 7. The third kappa shape index (κ3) is 3.47. The Kier molecular flexibility index (Phi) is 4.71. The van der Waals surface area contributed by atoms with Crippen molar-refractivity contribution in [2.75, 3.05) is 11.9 Å². The molecular formula is C19H15N3O4S. The van der Waals surface area contributed by atoms with Gasteiger partial charge in [0.05, 0.1) is 19.1 Å². The van der Waals surface area contributed by atoms with Gasteiger partial charge in [-0.25, -0.2) is 9.97 Å². The van der Waals surface area contributed by atoms with Crippen molar-refractivity contribution in [3.05, 3.63) is 60.7 Å². The third-order valence-electron chi connectivity index (χ3n) is 3.64. The molecule has 0 saturated heterocycles. The summed E-state index contributed by atoms with van der Waals surface area (Å²) in [5, 5.41) is 3.23.